The molecule has 0 aliphatic heterocycles. The van der Waals surface area contributed by atoms with E-state index < -0.39 is 0 Å². The molecule has 0 atom stereocenters. The fourth-order valence-electron chi connectivity index (χ4n) is 6.09. The molecule has 3 heterocycles. The third kappa shape index (κ3) is 5.73. The quantitative estimate of drug-likeness (QED) is 0.164. The van der Waals surface area contributed by atoms with Crippen LogP contribution in [0.1, 0.15) is 43.0 Å². The molecule has 45 heavy (non-hydrogen) atoms. The molecule has 0 aliphatic carbocycles. The van der Waals surface area contributed by atoms with E-state index >= 15 is 0 Å². The third-order valence-corrected chi connectivity index (χ3v) is 8.07. The largest absolute Gasteiger partial charge is 2.00 e. The van der Waals surface area contributed by atoms with E-state index in [1.165, 1.54) is 22.3 Å². The Kier molecular flexibility index (Phi) is 8.01. The summed E-state index contributed by atoms with van der Waals surface area (Å²) in [5.41, 5.74) is 10.1. The van der Waals surface area contributed by atoms with Crippen LogP contribution in [-0.2, 0) is 26.5 Å². The van der Waals surface area contributed by atoms with E-state index in [0.29, 0.717) is 11.5 Å². The van der Waals surface area contributed by atoms with Crippen LogP contribution in [0.2, 0.25) is 0 Å². The molecule has 5 nitrogen and oxygen atoms in total. The standard InChI is InChI=1S/C39H34N4O.Pt/c1-25-16-17-40-37(20-25)43-35-13-8-7-12-32(35)33-15-14-31(22-36(33)43)44-30-11-9-10-29(21-30)42-24-28(23-41-42)38-27(3)18-26(2)19-34(38)39(4,5)6;/h7-20,23-24H,1-6H3;/q-2;+2. The molecule has 0 spiro atoms. The second-order valence-corrected chi connectivity index (χ2v) is 12.6. The Morgan fingerprint density at radius 2 is 1.58 bits per heavy atom. The molecular weight excluding hydrogens is 736 g/mol. The van der Waals surface area contributed by atoms with Gasteiger partial charge in [-0.05, 0) is 77.7 Å². The molecule has 7 aromatic rings. The maximum absolute atomic E-state index is 6.36. The van der Waals surface area contributed by atoms with Gasteiger partial charge >= 0.3 is 21.1 Å². The smallest absolute Gasteiger partial charge is 0.509 e. The SMILES string of the molecule is Cc1ccnc(-n2c3[c-]c(Oc4[c-]c(-n5cc(-c6c(C)cc(C)cc6C(C)(C)C)cn5)ccc4)ccc3c3ccccc32)c1.[Pt+2]. The van der Waals surface area contributed by atoms with Crippen molar-refractivity contribution in [3.63, 3.8) is 0 Å². The van der Waals surface area contributed by atoms with Crippen LogP contribution < -0.4 is 4.74 Å². The van der Waals surface area contributed by atoms with Crippen LogP contribution in [0.25, 0.3) is 44.4 Å². The van der Waals surface area contributed by atoms with Crippen molar-refractivity contribution in [3.8, 4) is 34.1 Å². The van der Waals surface area contributed by atoms with Gasteiger partial charge in [0.15, 0.2) is 0 Å². The first-order chi connectivity index (χ1) is 21.2. The topological polar surface area (TPSA) is 44.9 Å². The van der Waals surface area contributed by atoms with Gasteiger partial charge in [0.25, 0.3) is 0 Å². The van der Waals surface area contributed by atoms with Gasteiger partial charge in [0.2, 0.25) is 0 Å². The maximum atomic E-state index is 6.36. The Morgan fingerprint density at radius 3 is 2.38 bits per heavy atom. The van der Waals surface area contributed by atoms with Crippen molar-refractivity contribution in [1.29, 1.82) is 0 Å². The van der Waals surface area contributed by atoms with Gasteiger partial charge in [-0.25, -0.2) is 4.98 Å². The van der Waals surface area contributed by atoms with Crippen molar-refractivity contribution in [1.82, 2.24) is 19.3 Å². The molecule has 0 N–H and O–H groups in total. The number of rotatable bonds is 5. The predicted octanol–water partition coefficient (Wildman–Crippen LogP) is 9.64. The number of nitrogens with zero attached hydrogens (tertiary/aromatic N) is 4. The summed E-state index contributed by atoms with van der Waals surface area (Å²) in [5, 5.41) is 6.97. The molecule has 0 unspecified atom stereocenters. The van der Waals surface area contributed by atoms with Gasteiger partial charge in [-0.15, -0.1) is 35.7 Å². The second-order valence-electron chi connectivity index (χ2n) is 12.6. The minimum atomic E-state index is 0. The summed E-state index contributed by atoms with van der Waals surface area (Å²) in [6, 6.07) is 33.8. The minimum Gasteiger partial charge on any atom is -0.509 e. The summed E-state index contributed by atoms with van der Waals surface area (Å²) in [6.45, 7) is 13.2. The zero-order chi connectivity index (χ0) is 30.6. The van der Waals surface area contributed by atoms with Gasteiger partial charge in [0.1, 0.15) is 5.82 Å². The summed E-state index contributed by atoms with van der Waals surface area (Å²) in [5.74, 6) is 2.05. The molecule has 3 aromatic heterocycles. The van der Waals surface area contributed by atoms with Crippen molar-refractivity contribution in [2.24, 2.45) is 0 Å². The molecule has 0 amide bonds. The third-order valence-electron chi connectivity index (χ3n) is 8.07. The number of aromatic nitrogens is 4. The van der Waals surface area contributed by atoms with E-state index in [1.54, 1.807) is 0 Å². The zero-order valence-electron chi connectivity index (χ0n) is 26.3. The van der Waals surface area contributed by atoms with Crippen LogP contribution in [0.5, 0.6) is 11.5 Å². The number of para-hydroxylation sites is 1. The minimum absolute atomic E-state index is 0. The van der Waals surface area contributed by atoms with E-state index in [9.17, 15) is 0 Å². The van der Waals surface area contributed by atoms with Gasteiger partial charge in [-0.1, -0.05) is 62.2 Å². The summed E-state index contributed by atoms with van der Waals surface area (Å²) < 4.78 is 10.4. The molecular formula is C39H34N4OPt. The summed E-state index contributed by atoms with van der Waals surface area (Å²) in [4.78, 5) is 4.68. The Morgan fingerprint density at radius 1 is 0.778 bits per heavy atom. The van der Waals surface area contributed by atoms with Gasteiger partial charge in [0.05, 0.1) is 6.20 Å². The molecule has 4 aromatic carbocycles. The Hall–Kier alpha value is -4.47. The number of aryl methyl sites for hydroxylation is 3. The average Bonchev–Trinajstić information content (AvgIpc) is 3.59. The Balaban J connectivity index is 0.00000357. The van der Waals surface area contributed by atoms with Crippen molar-refractivity contribution in [3.05, 3.63) is 132 Å². The molecule has 0 fully saturated rings. The predicted molar refractivity (Wildman–Crippen MR) is 178 cm³/mol. The van der Waals surface area contributed by atoms with Crippen LogP contribution in [0.15, 0.2) is 97.5 Å². The van der Waals surface area contributed by atoms with Crippen LogP contribution in [0.4, 0.5) is 0 Å². The molecule has 0 saturated heterocycles. The van der Waals surface area contributed by atoms with E-state index in [4.69, 9.17) is 9.84 Å². The first-order valence-corrected chi connectivity index (χ1v) is 14.9. The van der Waals surface area contributed by atoms with Crippen LogP contribution in [0.3, 0.4) is 0 Å². The van der Waals surface area contributed by atoms with E-state index in [-0.39, 0.29) is 26.5 Å². The van der Waals surface area contributed by atoms with Gasteiger partial charge < -0.3 is 9.30 Å². The summed E-state index contributed by atoms with van der Waals surface area (Å²) in [7, 11) is 0. The maximum Gasteiger partial charge on any atom is 2.00 e. The fraction of sp³-hybridized carbons (Fsp3) is 0.179. The first kappa shape index (κ1) is 30.6. The van der Waals surface area contributed by atoms with Gasteiger partial charge in [-0.3, -0.25) is 4.68 Å². The van der Waals surface area contributed by atoms with Gasteiger partial charge in [0, 0.05) is 35.0 Å². The van der Waals surface area contributed by atoms with E-state index in [2.05, 4.69) is 118 Å². The average molecular weight is 770 g/mol. The molecule has 0 saturated carbocycles. The van der Waals surface area contributed by atoms with E-state index in [0.717, 1.165) is 44.4 Å². The number of ether oxygens (including phenoxy) is 1. The van der Waals surface area contributed by atoms with Gasteiger partial charge in [-0.2, -0.15) is 17.2 Å². The van der Waals surface area contributed by atoms with Crippen molar-refractivity contribution < 1.29 is 25.8 Å². The van der Waals surface area contributed by atoms with Crippen molar-refractivity contribution >= 4 is 21.8 Å². The van der Waals surface area contributed by atoms with Crippen molar-refractivity contribution in [2.75, 3.05) is 0 Å². The molecule has 6 heteroatoms. The Labute approximate surface area is 278 Å². The summed E-state index contributed by atoms with van der Waals surface area (Å²) in [6.07, 6.45) is 5.86. The Bertz CT molecular complexity index is 2180. The first-order valence-electron chi connectivity index (χ1n) is 14.9. The number of hydrogen-bond donors (Lipinski definition) is 0. The normalized spacial score (nSPS) is 11.6. The molecule has 0 bridgehead atoms. The van der Waals surface area contributed by atoms with Crippen LogP contribution in [0, 0.1) is 32.9 Å². The molecule has 226 valence electrons. The molecule has 0 aliphatic rings. The fourth-order valence-corrected chi connectivity index (χ4v) is 6.09. The van der Waals surface area contributed by atoms with Crippen LogP contribution >= 0.6 is 0 Å². The number of hydrogen-bond acceptors (Lipinski definition) is 3. The molecule has 0 radical (unpaired) electrons. The number of benzene rings is 4. The monoisotopic (exact) mass is 769 g/mol. The van der Waals surface area contributed by atoms with E-state index in [1.807, 2.05) is 47.4 Å². The number of pyridine rings is 1. The second kappa shape index (κ2) is 11.8. The van der Waals surface area contributed by atoms with Crippen molar-refractivity contribution in [2.45, 2.75) is 47.0 Å². The number of fused-ring (bicyclic) bond motifs is 3. The molecule has 7 rings (SSSR count). The van der Waals surface area contributed by atoms with Crippen LogP contribution in [-0.4, -0.2) is 19.3 Å². The summed E-state index contributed by atoms with van der Waals surface area (Å²) >= 11 is 0. The zero-order valence-corrected chi connectivity index (χ0v) is 28.5.